The van der Waals surface area contributed by atoms with Gasteiger partial charge in [0.25, 0.3) is 0 Å². The lowest BCUT2D eigenvalue weighted by atomic mass is 10.0. The van der Waals surface area contributed by atoms with Crippen molar-refractivity contribution in [3.63, 3.8) is 0 Å². The summed E-state index contributed by atoms with van der Waals surface area (Å²) >= 11 is 0. The third kappa shape index (κ3) is 3.62. The van der Waals surface area contributed by atoms with Crippen LogP contribution < -0.4 is 4.90 Å². The fraction of sp³-hybridized carbons (Fsp3) is 0.286. The molecule has 0 radical (unpaired) electrons. The van der Waals surface area contributed by atoms with Gasteiger partial charge in [-0.15, -0.1) is 0 Å². The van der Waals surface area contributed by atoms with E-state index < -0.39 is 0 Å². The van der Waals surface area contributed by atoms with E-state index in [9.17, 15) is 5.26 Å². The molecule has 4 heterocycles. The molecular formula is C28H27N7. The number of benzene rings is 2. The van der Waals surface area contributed by atoms with Crippen molar-refractivity contribution in [1.29, 1.82) is 5.26 Å². The zero-order valence-electron chi connectivity index (χ0n) is 20.2. The summed E-state index contributed by atoms with van der Waals surface area (Å²) in [4.78, 5) is 19.8. The molecule has 1 fully saturated rings. The largest absolute Gasteiger partial charge is 0.370 e. The average Bonchev–Trinajstić information content (AvgIpc) is 3.62. The number of nitrogens with zero attached hydrogens (tertiary/aromatic N) is 6. The summed E-state index contributed by atoms with van der Waals surface area (Å²) in [5, 5.41) is 9.63. The number of aromatic amines is 1. The highest BCUT2D eigenvalue weighted by Gasteiger charge is 2.19. The molecule has 6 rings (SSSR count). The van der Waals surface area contributed by atoms with E-state index in [4.69, 9.17) is 4.98 Å². The number of nitriles is 1. The number of hydrogen-bond donors (Lipinski definition) is 1. The van der Waals surface area contributed by atoms with Crippen molar-refractivity contribution in [2.45, 2.75) is 39.2 Å². The van der Waals surface area contributed by atoms with Gasteiger partial charge in [0.2, 0.25) is 0 Å². The summed E-state index contributed by atoms with van der Waals surface area (Å²) in [6, 6.07) is 14.6. The average molecular weight is 462 g/mol. The Morgan fingerprint density at radius 3 is 2.57 bits per heavy atom. The van der Waals surface area contributed by atoms with Crippen LogP contribution in [0.5, 0.6) is 0 Å². The minimum Gasteiger partial charge on any atom is -0.370 e. The maximum absolute atomic E-state index is 9.63. The molecule has 174 valence electrons. The van der Waals surface area contributed by atoms with E-state index in [1.807, 2.05) is 24.7 Å². The molecule has 1 saturated heterocycles. The number of aromatic nitrogens is 5. The molecule has 1 aliphatic heterocycles. The number of hydrogen-bond acceptors (Lipinski definition) is 5. The van der Waals surface area contributed by atoms with Crippen molar-refractivity contribution >= 4 is 27.9 Å². The topological polar surface area (TPSA) is 86.4 Å². The summed E-state index contributed by atoms with van der Waals surface area (Å²) in [6.45, 7) is 8.51. The molecule has 1 aliphatic rings. The zero-order valence-corrected chi connectivity index (χ0v) is 20.2. The number of nitrogens with one attached hydrogen (secondary N) is 1. The highest BCUT2D eigenvalue weighted by molar-refractivity contribution is 5.94. The molecule has 1 N–H and O–H groups in total. The molecule has 0 unspecified atom stereocenters. The van der Waals surface area contributed by atoms with Gasteiger partial charge in [-0.2, -0.15) is 5.26 Å². The third-order valence-electron chi connectivity index (χ3n) is 6.82. The Hall–Kier alpha value is -4.18. The standard InChI is InChI=1S/C28H27N7/c1-28(2,3)35-17-32-22-9-8-18(12-25(22)35)21-15-30-27-26(21)33-23(16-31-27)19-6-7-20(14-29)24(13-19)34-10-4-5-11-34/h6-9,12-13,15-17H,4-5,10-11H2,1-3H3,(H,30,31). The van der Waals surface area contributed by atoms with Crippen LogP contribution in [0.4, 0.5) is 5.69 Å². The van der Waals surface area contributed by atoms with E-state index in [1.165, 1.54) is 0 Å². The summed E-state index contributed by atoms with van der Waals surface area (Å²) in [6.07, 6.45) is 8.00. The van der Waals surface area contributed by atoms with Crippen molar-refractivity contribution < 1.29 is 0 Å². The Bertz CT molecular complexity index is 1600. The molecule has 2 aromatic carbocycles. The SMILES string of the molecule is CC(C)(C)n1cnc2ccc(-c3c[nH]c4ncc(-c5ccc(C#N)c(N6CCCC6)c5)nc34)cc21. The first-order valence-corrected chi connectivity index (χ1v) is 12.0. The molecule has 0 amide bonds. The first kappa shape index (κ1) is 21.4. The molecule has 3 aromatic heterocycles. The molecule has 0 saturated carbocycles. The number of rotatable bonds is 3. The van der Waals surface area contributed by atoms with Gasteiger partial charge in [-0.25, -0.2) is 15.0 Å². The second kappa shape index (κ2) is 7.95. The molecular weight excluding hydrogens is 434 g/mol. The highest BCUT2D eigenvalue weighted by atomic mass is 15.1. The molecule has 0 bridgehead atoms. The van der Waals surface area contributed by atoms with E-state index in [1.54, 1.807) is 6.20 Å². The van der Waals surface area contributed by atoms with Gasteiger partial charge in [-0.1, -0.05) is 12.1 Å². The van der Waals surface area contributed by atoms with Crippen LogP contribution in [0.2, 0.25) is 0 Å². The van der Waals surface area contributed by atoms with E-state index >= 15 is 0 Å². The summed E-state index contributed by atoms with van der Waals surface area (Å²) in [7, 11) is 0. The minimum absolute atomic E-state index is 0.0663. The van der Waals surface area contributed by atoms with Crippen LogP contribution in [0.1, 0.15) is 39.2 Å². The Morgan fingerprint density at radius 2 is 1.80 bits per heavy atom. The van der Waals surface area contributed by atoms with Crippen LogP contribution in [-0.2, 0) is 5.54 Å². The number of fused-ring (bicyclic) bond motifs is 2. The van der Waals surface area contributed by atoms with Gasteiger partial charge in [-0.05, 0) is 63.4 Å². The maximum atomic E-state index is 9.63. The second-order valence-corrected chi connectivity index (χ2v) is 10.2. The van der Waals surface area contributed by atoms with E-state index in [0.29, 0.717) is 5.56 Å². The summed E-state index contributed by atoms with van der Waals surface area (Å²) < 4.78 is 2.20. The normalized spacial score (nSPS) is 14.2. The zero-order chi connectivity index (χ0) is 24.2. The summed E-state index contributed by atoms with van der Waals surface area (Å²) in [5.41, 5.74) is 9.11. The predicted octanol–water partition coefficient (Wildman–Crippen LogP) is 5.87. The van der Waals surface area contributed by atoms with Crippen molar-refractivity contribution in [2.75, 3.05) is 18.0 Å². The lowest BCUT2D eigenvalue weighted by Gasteiger charge is -2.21. The second-order valence-electron chi connectivity index (χ2n) is 10.2. The highest BCUT2D eigenvalue weighted by Crippen LogP contribution is 2.33. The van der Waals surface area contributed by atoms with E-state index in [-0.39, 0.29) is 5.54 Å². The van der Waals surface area contributed by atoms with Crippen molar-refractivity contribution in [2.24, 2.45) is 0 Å². The van der Waals surface area contributed by atoms with Crippen LogP contribution in [-0.4, -0.2) is 37.6 Å². The number of anilines is 1. The van der Waals surface area contributed by atoms with Crippen LogP contribution in [0.25, 0.3) is 44.6 Å². The van der Waals surface area contributed by atoms with Gasteiger partial charge < -0.3 is 14.5 Å². The maximum Gasteiger partial charge on any atom is 0.156 e. The van der Waals surface area contributed by atoms with Crippen LogP contribution in [0.15, 0.2) is 55.1 Å². The van der Waals surface area contributed by atoms with Crippen molar-refractivity contribution in [3.8, 4) is 28.5 Å². The van der Waals surface area contributed by atoms with Gasteiger partial charge in [0, 0.05) is 36.0 Å². The predicted molar refractivity (Wildman–Crippen MR) is 139 cm³/mol. The van der Waals surface area contributed by atoms with Gasteiger partial charge in [0.05, 0.1) is 40.5 Å². The monoisotopic (exact) mass is 461 g/mol. The van der Waals surface area contributed by atoms with Crippen molar-refractivity contribution in [3.05, 3.63) is 60.7 Å². The molecule has 0 spiro atoms. The summed E-state index contributed by atoms with van der Waals surface area (Å²) in [5.74, 6) is 0. The van der Waals surface area contributed by atoms with Gasteiger partial charge in [-0.3, -0.25) is 0 Å². The minimum atomic E-state index is -0.0663. The molecule has 7 heteroatoms. The molecule has 5 aromatic rings. The molecule has 0 atom stereocenters. The Morgan fingerprint density at radius 1 is 1.00 bits per heavy atom. The Balaban J connectivity index is 1.46. The molecule has 35 heavy (non-hydrogen) atoms. The fourth-order valence-electron chi connectivity index (χ4n) is 4.97. The Labute approximate surface area is 204 Å². The smallest absolute Gasteiger partial charge is 0.156 e. The number of H-pyrrole nitrogens is 1. The first-order chi connectivity index (χ1) is 16.9. The van der Waals surface area contributed by atoms with Crippen LogP contribution in [0, 0.1) is 11.3 Å². The fourth-order valence-corrected chi connectivity index (χ4v) is 4.97. The van der Waals surface area contributed by atoms with Crippen LogP contribution in [0.3, 0.4) is 0 Å². The third-order valence-corrected chi connectivity index (χ3v) is 6.82. The number of imidazole rings is 1. The van der Waals surface area contributed by atoms with Gasteiger partial charge >= 0.3 is 0 Å². The van der Waals surface area contributed by atoms with E-state index in [0.717, 1.165) is 76.2 Å². The quantitative estimate of drug-likeness (QED) is 0.363. The lowest BCUT2D eigenvalue weighted by molar-refractivity contribution is 0.408. The van der Waals surface area contributed by atoms with Gasteiger partial charge in [0.15, 0.2) is 5.65 Å². The molecule has 7 nitrogen and oxygen atoms in total. The van der Waals surface area contributed by atoms with E-state index in [2.05, 4.69) is 75.5 Å². The Kier molecular flexibility index (Phi) is 4.85. The van der Waals surface area contributed by atoms with Crippen LogP contribution >= 0.6 is 0 Å². The lowest BCUT2D eigenvalue weighted by Crippen LogP contribution is -2.20. The molecule has 0 aliphatic carbocycles. The van der Waals surface area contributed by atoms with Gasteiger partial charge in [0.1, 0.15) is 11.6 Å². The van der Waals surface area contributed by atoms with Crippen molar-refractivity contribution in [1.82, 2.24) is 24.5 Å². The first-order valence-electron chi connectivity index (χ1n) is 12.0.